The molecule has 17 heavy (non-hydrogen) atoms. The Morgan fingerprint density at radius 1 is 1.47 bits per heavy atom. The smallest absolute Gasteiger partial charge is 0.317 e. The molecule has 0 aromatic carbocycles. The molecule has 0 aromatic rings. The van der Waals surface area contributed by atoms with Crippen molar-refractivity contribution in [3.63, 3.8) is 0 Å². The Labute approximate surface area is 98.5 Å². The monoisotopic (exact) mass is 285 g/mol. The fourth-order valence-electron chi connectivity index (χ4n) is 1.43. The predicted octanol–water partition coefficient (Wildman–Crippen LogP) is 0.0880. The summed E-state index contributed by atoms with van der Waals surface area (Å²) < 4.78 is 11.0. The van der Waals surface area contributed by atoms with Crippen LogP contribution in [0.5, 0.6) is 0 Å². The van der Waals surface area contributed by atoms with E-state index in [1.54, 1.807) is 6.92 Å². The number of amidine groups is 1. The molecule has 1 atom stereocenters. The van der Waals surface area contributed by atoms with E-state index < -0.39 is 20.7 Å². The molecular formula is C7H15N2O6P2+. The van der Waals surface area contributed by atoms with Crippen LogP contribution in [0.25, 0.3) is 0 Å². The molecule has 1 aliphatic rings. The molecule has 0 saturated heterocycles. The first kappa shape index (κ1) is 14.9. The van der Waals surface area contributed by atoms with E-state index in [9.17, 15) is 4.57 Å². The fraction of sp³-hybridized carbons (Fsp3) is 0.714. The van der Waals surface area contributed by atoms with Crippen molar-refractivity contribution in [3.05, 3.63) is 0 Å². The van der Waals surface area contributed by atoms with Gasteiger partial charge in [0.15, 0.2) is 0 Å². The van der Waals surface area contributed by atoms with Crippen molar-refractivity contribution in [2.45, 2.75) is 19.8 Å². The number of hydrogen-bond donors (Lipinski definition) is 5. The summed E-state index contributed by atoms with van der Waals surface area (Å²) in [6.07, 6.45) is 1.58. The minimum atomic E-state index is -5.02. The first-order chi connectivity index (χ1) is 7.62. The summed E-state index contributed by atoms with van der Waals surface area (Å²) in [6, 6.07) is 0. The van der Waals surface area contributed by atoms with Crippen molar-refractivity contribution in [1.29, 1.82) is 0 Å². The molecule has 0 amide bonds. The Hall–Kier alpha value is -0.200. The minimum absolute atomic E-state index is 0.121. The SMILES string of the molecule is CC1CCCN=C1N=C(P(=O)(O)O)[P+](O)(O)O. The van der Waals surface area contributed by atoms with Crippen LogP contribution in [-0.4, -0.2) is 42.0 Å². The molecule has 1 aliphatic heterocycles. The average Bonchev–Trinajstić information content (AvgIpc) is 2.12. The van der Waals surface area contributed by atoms with Crippen LogP contribution < -0.4 is 0 Å². The van der Waals surface area contributed by atoms with Crippen molar-refractivity contribution in [1.82, 2.24) is 0 Å². The van der Waals surface area contributed by atoms with Gasteiger partial charge in [-0.2, -0.15) is 19.7 Å². The average molecular weight is 285 g/mol. The molecule has 0 spiro atoms. The van der Waals surface area contributed by atoms with E-state index >= 15 is 0 Å². The van der Waals surface area contributed by atoms with E-state index in [0.29, 0.717) is 6.54 Å². The number of rotatable bonds is 2. The lowest BCUT2D eigenvalue weighted by Crippen LogP contribution is -2.18. The van der Waals surface area contributed by atoms with Crippen LogP contribution in [0.3, 0.4) is 0 Å². The third kappa shape index (κ3) is 4.19. The summed E-state index contributed by atoms with van der Waals surface area (Å²) in [5.41, 5.74) is 0. The zero-order chi connectivity index (χ0) is 13.3. The molecular weight excluding hydrogens is 270 g/mol. The maximum atomic E-state index is 11.0. The van der Waals surface area contributed by atoms with Gasteiger partial charge in [0.05, 0.1) is 0 Å². The van der Waals surface area contributed by atoms with Gasteiger partial charge in [-0.3, -0.25) is 4.99 Å². The van der Waals surface area contributed by atoms with Crippen LogP contribution in [0.2, 0.25) is 0 Å². The Kier molecular flexibility index (Phi) is 4.54. The summed E-state index contributed by atoms with van der Waals surface area (Å²) in [6.45, 7) is 2.22. The quantitative estimate of drug-likeness (QED) is 0.359. The molecule has 1 rings (SSSR count). The van der Waals surface area contributed by atoms with Gasteiger partial charge in [0.25, 0.3) is 0 Å². The molecule has 10 heteroatoms. The molecule has 5 N–H and O–H groups in total. The molecule has 98 valence electrons. The van der Waals surface area contributed by atoms with Crippen LogP contribution in [-0.2, 0) is 4.57 Å². The van der Waals surface area contributed by atoms with Gasteiger partial charge in [-0.15, -0.1) is 0 Å². The highest BCUT2D eigenvalue weighted by atomic mass is 31.3. The first-order valence-electron chi connectivity index (χ1n) is 4.89. The van der Waals surface area contributed by atoms with E-state index in [-0.39, 0.29) is 11.8 Å². The van der Waals surface area contributed by atoms with Crippen molar-refractivity contribution in [3.8, 4) is 0 Å². The van der Waals surface area contributed by atoms with Crippen LogP contribution in [0.4, 0.5) is 0 Å². The third-order valence-electron chi connectivity index (χ3n) is 2.25. The molecule has 0 aromatic heterocycles. The van der Waals surface area contributed by atoms with Crippen LogP contribution in [0, 0.1) is 5.92 Å². The zero-order valence-corrected chi connectivity index (χ0v) is 10.9. The Morgan fingerprint density at radius 2 is 2.06 bits per heavy atom. The molecule has 1 heterocycles. The third-order valence-corrected chi connectivity index (χ3v) is 5.10. The van der Waals surface area contributed by atoms with Gasteiger partial charge in [0.2, 0.25) is 0 Å². The van der Waals surface area contributed by atoms with Crippen molar-refractivity contribution in [2.24, 2.45) is 15.9 Å². The summed E-state index contributed by atoms with van der Waals surface area (Å²) in [7, 11) is -9.86. The molecule has 0 radical (unpaired) electrons. The number of aliphatic imine (C=N–C) groups is 2. The topological polar surface area (TPSA) is 143 Å². The summed E-state index contributed by atoms with van der Waals surface area (Å²) >= 11 is 0. The molecule has 0 fully saturated rings. The van der Waals surface area contributed by atoms with Crippen molar-refractivity contribution in [2.75, 3.05) is 6.54 Å². The van der Waals surface area contributed by atoms with E-state index in [0.717, 1.165) is 12.8 Å². The molecule has 1 unspecified atom stereocenters. The van der Waals surface area contributed by atoms with Crippen LogP contribution in [0.15, 0.2) is 9.98 Å². The summed E-state index contributed by atoms with van der Waals surface area (Å²) in [5.74, 6) is -0.0204. The standard InChI is InChI=1S/C7H14N2O6P2/c1-5-3-2-4-8-6(5)9-7(16(10,11)12)17(13,14)15/h5,10-12H,2-4H2,1H3,(H-,13,14,15)/p+1. The highest BCUT2D eigenvalue weighted by molar-refractivity contribution is 8.00. The van der Waals surface area contributed by atoms with Gasteiger partial charge >= 0.3 is 20.7 Å². The highest BCUT2D eigenvalue weighted by Gasteiger charge is 2.52. The first-order valence-corrected chi connectivity index (χ1v) is 8.15. The van der Waals surface area contributed by atoms with E-state index in [4.69, 9.17) is 24.5 Å². The lowest BCUT2D eigenvalue weighted by Gasteiger charge is -2.16. The van der Waals surface area contributed by atoms with Gasteiger partial charge in [0.1, 0.15) is 5.84 Å². The Morgan fingerprint density at radius 3 is 2.47 bits per heavy atom. The fourth-order valence-corrected chi connectivity index (χ4v) is 3.30. The van der Waals surface area contributed by atoms with Gasteiger partial charge < -0.3 is 9.79 Å². The zero-order valence-electron chi connectivity index (χ0n) is 9.13. The number of nitrogens with zero attached hydrogens (tertiary/aromatic N) is 2. The van der Waals surface area contributed by atoms with E-state index in [1.807, 2.05) is 0 Å². The maximum absolute atomic E-state index is 11.0. The Bertz CT molecular complexity index is 396. The van der Waals surface area contributed by atoms with Crippen LogP contribution >= 0.6 is 15.5 Å². The van der Waals surface area contributed by atoms with Gasteiger partial charge in [-0.25, -0.2) is 4.57 Å². The van der Waals surface area contributed by atoms with Gasteiger partial charge in [-0.1, -0.05) is 6.92 Å². The van der Waals surface area contributed by atoms with E-state index in [1.165, 1.54) is 0 Å². The normalized spacial score (nSPS) is 23.5. The maximum Gasteiger partial charge on any atom is 0.469 e. The molecule has 8 nitrogen and oxygen atoms in total. The van der Waals surface area contributed by atoms with E-state index in [2.05, 4.69) is 9.98 Å². The van der Waals surface area contributed by atoms with Gasteiger partial charge in [-0.05, 0) is 12.8 Å². The summed E-state index contributed by atoms with van der Waals surface area (Å²) in [5, 5.41) is -1.29. The molecule has 0 saturated carbocycles. The number of hydrogen-bond acceptors (Lipinski definition) is 6. The predicted molar refractivity (Wildman–Crippen MR) is 63.8 cm³/mol. The molecule has 0 aliphatic carbocycles. The van der Waals surface area contributed by atoms with Crippen molar-refractivity contribution < 1.29 is 29.0 Å². The lowest BCUT2D eigenvalue weighted by atomic mass is 10.0. The minimum Gasteiger partial charge on any atom is -0.317 e. The second-order valence-electron chi connectivity index (χ2n) is 3.81. The van der Waals surface area contributed by atoms with Crippen molar-refractivity contribution >= 4 is 26.6 Å². The second-order valence-corrected chi connectivity index (χ2v) is 7.23. The van der Waals surface area contributed by atoms with Crippen LogP contribution in [0.1, 0.15) is 19.8 Å². The largest absolute Gasteiger partial charge is 0.469 e. The second kappa shape index (κ2) is 5.20. The highest BCUT2D eigenvalue weighted by Crippen LogP contribution is 2.60. The Balaban J connectivity index is 3.15. The molecule has 0 bridgehead atoms. The van der Waals surface area contributed by atoms with Gasteiger partial charge in [0, 0.05) is 12.5 Å². The lowest BCUT2D eigenvalue weighted by molar-refractivity contribution is 0.349. The summed E-state index contributed by atoms with van der Waals surface area (Å²) in [4.78, 5) is 52.1.